The molecular formula is C13H21BrN2O2. The van der Waals surface area contributed by atoms with Gasteiger partial charge in [-0.3, -0.25) is 5.10 Å². The van der Waals surface area contributed by atoms with Crippen LogP contribution in [0.25, 0.3) is 0 Å². The van der Waals surface area contributed by atoms with Crippen LogP contribution >= 0.6 is 15.9 Å². The Kier molecular flexibility index (Phi) is 5.21. The zero-order chi connectivity index (χ0) is 13.0. The third kappa shape index (κ3) is 3.33. The van der Waals surface area contributed by atoms with E-state index >= 15 is 0 Å². The standard InChI is InChI=1S/C13H21BrN2O2/c1-2-10-12(14)13(16-15-10)11(17)4-3-9-5-7-18-8-6-9/h9,11,17H,2-8H2,1H3,(H,15,16). The zero-order valence-corrected chi connectivity index (χ0v) is 12.4. The highest BCUT2D eigenvalue weighted by atomic mass is 79.9. The van der Waals surface area contributed by atoms with E-state index < -0.39 is 6.10 Å². The van der Waals surface area contributed by atoms with Gasteiger partial charge in [0.2, 0.25) is 0 Å². The van der Waals surface area contributed by atoms with E-state index in [0.29, 0.717) is 5.92 Å². The number of hydrogen-bond acceptors (Lipinski definition) is 3. The predicted molar refractivity (Wildman–Crippen MR) is 73.4 cm³/mol. The first-order chi connectivity index (χ1) is 8.72. The molecule has 1 unspecified atom stereocenters. The maximum atomic E-state index is 10.2. The van der Waals surface area contributed by atoms with Gasteiger partial charge in [-0.15, -0.1) is 0 Å². The number of nitrogens with zero attached hydrogens (tertiary/aromatic N) is 1. The van der Waals surface area contributed by atoms with Crippen molar-refractivity contribution >= 4 is 15.9 Å². The number of hydrogen-bond donors (Lipinski definition) is 2. The number of aromatic amines is 1. The summed E-state index contributed by atoms with van der Waals surface area (Å²) in [5.41, 5.74) is 1.80. The van der Waals surface area contributed by atoms with Crippen LogP contribution in [0.4, 0.5) is 0 Å². The number of H-pyrrole nitrogens is 1. The molecule has 1 aromatic heterocycles. The molecule has 0 radical (unpaired) electrons. The van der Waals surface area contributed by atoms with Gasteiger partial charge in [0, 0.05) is 18.9 Å². The number of aromatic nitrogens is 2. The lowest BCUT2D eigenvalue weighted by Crippen LogP contribution is -2.16. The molecule has 1 saturated heterocycles. The number of aliphatic hydroxyl groups is 1. The summed E-state index contributed by atoms with van der Waals surface area (Å²) in [5, 5.41) is 17.4. The second kappa shape index (κ2) is 6.68. The van der Waals surface area contributed by atoms with E-state index in [-0.39, 0.29) is 0 Å². The fraction of sp³-hybridized carbons (Fsp3) is 0.769. The summed E-state index contributed by atoms with van der Waals surface area (Å²) < 4.78 is 6.28. The van der Waals surface area contributed by atoms with Crippen LogP contribution in [-0.4, -0.2) is 28.5 Å². The summed E-state index contributed by atoms with van der Waals surface area (Å²) in [7, 11) is 0. The summed E-state index contributed by atoms with van der Waals surface area (Å²) in [6.45, 7) is 3.80. The van der Waals surface area contributed by atoms with Gasteiger partial charge in [-0.1, -0.05) is 6.92 Å². The molecule has 0 aromatic carbocycles. The van der Waals surface area contributed by atoms with Crippen LogP contribution in [0.15, 0.2) is 4.47 Å². The van der Waals surface area contributed by atoms with Gasteiger partial charge in [0.25, 0.3) is 0 Å². The molecule has 18 heavy (non-hydrogen) atoms. The lowest BCUT2D eigenvalue weighted by molar-refractivity contribution is 0.0565. The van der Waals surface area contributed by atoms with Crippen molar-refractivity contribution in [3.63, 3.8) is 0 Å². The van der Waals surface area contributed by atoms with Gasteiger partial charge in [-0.05, 0) is 54.0 Å². The molecule has 1 aliphatic heterocycles. The van der Waals surface area contributed by atoms with E-state index in [4.69, 9.17) is 4.74 Å². The molecular weight excluding hydrogens is 296 g/mol. The van der Waals surface area contributed by atoms with Crippen LogP contribution in [0.1, 0.15) is 50.1 Å². The molecule has 2 heterocycles. The van der Waals surface area contributed by atoms with E-state index in [1.165, 1.54) is 0 Å². The third-order valence-corrected chi connectivity index (χ3v) is 4.54. The first-order valence-corrected chi connectivity index (χ1v) is 7.50. The molecule has 5 heteroatoms. The number of halogens is 1. The quantitative estimate of drug-likeness (QED) is 0.878. The van der Waals surface area contributed by atoms with Crippen LogP contribution in [0, 0.1) is 5.92 Å². The summed E-state index contributed by atoms with van der Waals surface area (Å²) in [6.07, 6.45) is 4.48. The van der Waals surface area contributed by atoms with Gasteiger partial charge < -0.3 is 9.84 Å². The smallest absolute Gasteiger partial charge is 0.105 e. The summed E-state index contributed by atoms with van der Waals surface area (Å²) in [5.74, 6) is 0.691. The lowest BCUT2D eigenvalue weighted by Gasteiger charge is -2.22. The summed E-state index contributed by atoms with van der Waals surface area (Å²) in [6, 6.07) is 0. The van der Waals surface area contributed by atoms with Gasteiger partial charge >= 0.3 is 0 Å². The van der Waals surface area contributed by atoms with E-state index in [9.17, 15) is 5.11 Å². The largest absolute Gasteiger partial charge is 0.387 e. The Morgan fingerprint density at radius 2 is 2.22 bits per heavy atom. The van der Waals surface area contributed by atoms with E-state index in [1.807, 2.05) is 0 Å². The second-order valence-electron chi connectivity index (χ2n) is 4.90. The molecule has 0 amide bonds. The molecule has 0 bridgehead atoms. The Morgan fingerprint density at radius 3 is 2.83 bits per heavy atom. The molecule has 4 nitrogen and oxygen atoms in total. The molecule has 2 rings (SSSR count). The molecule has 2 N–H and O–H groups in total. The van der Waals surface area contributed by atoms with Crippen molar-refractivity contribution in [2.75, 3.05) is 13.2 Å². The Bertz CT molecular complexity index is 375. The van der Waals surface area contributed by atoms with Crippen molar-refractivity contribution in [3.8, 4) is 0 Å². The Hall–Kier alpha value is -0.390. The van der Waals surface area contributed by atoms with Crippen LogP contribution in [0.3, 0.4) is 0 Å². The molecule has 1 fully saturated rings. The van der Waals surface area contributed by atoms with Crippen molar-refractivity contribution in [1.29, 1.82) is 0 Å². The zero-order valence-electron chi connectivity index (χ0n) is 10.8. The summed E-state index contributed by atoms with van der Waals surface area (Å²) >= 11 is 3.50. The fourth-order valence-corrected chi connectivity index (χ4v) is 3.12. The highest BCUT2D eigenvalue weighted by molar-refractivity contribution is 9.10. The number of aryl methyl sites for hydroxylation is 1. The fourth-order valence-electron chi connectivity index (χ4n) is 2.40. The lowest BCUT2D eigenvalue weighted by atomic mass is 9.93. The van der Waals surface area contributed by atoms with E-state index in [1.54, 1.807) is 0 Å². The molecule has 1 aliphatic rings. The number of rotatable bonds is 5. The molecule has 102 valence electrons. The van der Waals surface area contributed by atoms with Crippen molar-refractivity contribution < 1.29 is 9.84 Å². The number of aliphatic hydroxyl groups excluding tert-OH is 1. The van der Waals surface area contributed by atoms with Gasteiger partial charge in [0.15, 0.2) is 0 Å². The van der Waals surface area contributed by atoms with E-state index in [0.717, 1.165) is 61.2 Å². The Labute approximate surface area is 116 Å². The minimum absolute atomic E-state index is 0.473. The van der Waals surface area contributed by atoms with Gasteiger partial charge in [-0.25, -0.2) is 0 Å². The van der Waals surface area contributed by atoms with Crippen molar-refractivity contribution in [1.82, 2.24) is 10.2 Å². The second-order valence-corrected chi connectivity index (χ2v) is 5.70. The Morgan fingerprint density at radius 1 is 1.50 bits per heavy atom. The van der Waals surface area contributed by atoms with Crippen LogP contribution in [0.5, 0.6) is 0 Å². The minimum Gasteiger partial charge on any atom is -0.387 e. The topological polar surface area (TPSA) is 58.1 Å². The molecule has 1 aromatic rings. The molecule has 0 aliphatic carbocycles. The van der Waals surface area contributed by atoms with Crippen LogP contribution in [0.2, 0.25) is 0 Å². The average molecular weight is 317 g/mol. The highest BCUT2D eigenvalue weighted by Crippen LogP contribution is 2.30. The number of ether oxygens (including phenoxy) is 1. The Balaban J connectivity index is 1.86. The third-order valence-electron chi connectivity index (χ3n) is 3.66. The normalized spacial score (nSPS) is 19.1. The molecule has 1 atom stereocenters. The highest BCUT2D eigenvalue weighted by Gasteiger charge is 2.20. The number of nitrogens with one attached hydrogen (secondary N) is 1. The van der Waals surface area contributed by atoms with Gasteiger partial charge in [0.05, 0.1) is 10.6 Å². The molecule has 0 saturated carbocycles. The monoisotopic (exact) mass is 316 g/mol. The summed E-state index contributed by atoms with van der Waals surface area (Å²) in [4.78, 5) is 0. The van der Waals surface area contributed by atoms with Crippen molar-refractivity contribution in [2.24, 2.45) is 5.92 Å². The maximum absolute atomic E-state index is 10.2. The van der Waals surface area contributed by atoms with Crippen LogP contribution < -0.4 is 0 Å². The minimum atomic E-state index is -0.473. The first-order valence-electron chi connectivity index (χ1n) is 6.70. The van der Waals surface area contributed by atoms with Crippen molar-refractivity contribution in [3.05, 3.63) is 15.9 Å². The van der Waals surface area contributed by atoms with Crippen molar-refractivity contribution in [2.45, 2.75) is 45.1 Å². The first kappa shape index (κ1) is 14.0. The molecule has 0 spiro atoms. The SMILES string of the molecule is CCc1[nH]nc(C(O)CCC2CCOCC2)c1Br. The van der Waals surface area contributed by atoms with Gasteiger partial charge in [0.1, 0.15) is 5.69 Å². The van der Waals surface area contributed by atoms with E-state index in [2.05, 4.69) is 33.1 Å². The van der Waals surface area contributed by atoms with Crippen LogP contribution in [-0.2, 0) is 11.2 Å². The maximum Gasteiger partial charge on any atom is 0.105 e. The average Bonchev–Trinajstić information content (AvgIpc) is 2.78. The predicted octanol–water partition coefficient (Wildman–Crippen LogP) is 2.97. The van der Waals surface area contributed by atoms with Gasteiger partial charge in [-0.2, -0.15) is 5.10 Å².